The van der Waals surface area contributed by atoms with Gasteiger partial charge in [0.1, 0.15) is 23.0 Å². The van der Waals surface area contributed by atoms with Crippen LogP contribution >= 0.6 is 0 Å². The van der Waals surface area contributed by atoms with Crippen molar-refractivity contribution in [1.82, 2.24) is 4.57 Å². The summed E-state index contributed by atoms with van der Waals surface area (Å²) < 4.78 is 86.3. The molecule has 0 unspecified atom stereocenters. The Bertz CT molecular complexity index is 1180. The Morgan fingerprint density at radius 2 is 1.67 bits per heavy atom. The van der Waals surface area contributed by atoms with Gasteiger partial charge in [0.05, 0.1) is 17.7 Å². The van der Waals surface area contributed by atoms with E-state index in [-0.39, 0.29) is 17.7 Å². The van der Waals surface area contributed by atoms with Crippen LogP contribution in [0.1, 0.15) is 28.4 Å². The zero-order chi connectivity index (χ0) is 22.2. The maximum Gasteiger partial charge on any atom is 0.419 e. The van der Waals surface area contributed by atoms with Crippen molar-refractivity contribution in [2.24, 2.45) is 0 Å². The van der Waals surface area contributed by atoms with Crippen LogP contribution in [0, 0.1) is 17.5 Å². The Balaban J connectivity index is 2.32. The quantitative estimate of drug-likeness (QED) is 0.448. The van der Waals surface area contributed by atoms with E-state index in [1.165, 1.54) is 6.92 Å². The molecule has 0 N–H and O–H groups in total. The number of pyridine rings is 1. The van der Waals surface area contributed by atoms with Gasteiger partial charge in [0.2, 0.25) is 5.43 Å². The van der Waals surface area contributed by atoms with E-state index in [0.717, 1.165) is 22.9 Å². The predicted molar refractivity (Wildman–Crippen MR) is 94.6 cm³/mol. The number of alkyl halides is 3. The molecule has 1 aromatic heterocycles. The maximum atomic E-state index is 14.1. The number of hydrogen-bond donors (Lipinski definition) is 0. The van der Waals surface area contributed by atoms with Gasteiger partial charge in [-0.05, 0) is 36.8 Å². The summed E-state index contributed by atoms with van der Waals surface area (Å²) in [4.78, 5) is 24.7. The summed E-state index contributed by atoms with van der Waals surface area (Å²) in [7, 11) is 0. The molecule has 0 saturated heterocycles. The van der Waals surface area contributed by atoms with Crippen LogP contribution in [0.15, 0.2) is 41.3 Å². The largest absolute Gasteiger partial charge is 0.462 e. The second-order valence-corrected chi connectivity index (χ2v) is 6.34. The molecule has 3 rings (SSSR count). The van der Waals surface area contributed by atoms with Crippen LogP contribution in [0.3, 0.4) is 0 Å². The lowest BCUT2D eigenvalue weighted by Crippen LogP contribution is -2.22. The Morgan fingerprint density at radius 1 is 1.03 bits per heavy atom. The highest BCUT2D eigenvalue weighted by atomic mass is 19.4. The van der Waals surface area contributed by atoms with Crippen molar-refractivity contribution in [3.05, 3.63) is 80.9 Å². The van der Waals surface area contributed by atoms with E-state index in [9.17, 15) is 35.9 Å². The normalized spacial score (nSPS) is 11.7. The van der Waals surface area contributed by atoms with Gasteiger partial charge in [0.25, 0.3) is 0 Å². The molecule has 3 aromatic rings. The number of ether oxygens (including phenoxy) is 1. The van der Waals surface area contributed by atoms with Crippen molar-refractivity contribution in [1.29, 1.82) is 0 Å². The van der Waals surface area contributed by atoms with Gasteiger partial charge in [-0.2, -0.15) is 13.2 Å². The number of benzene rings is 2. The van der Waals surface area contributed by atoms with E-state index in [2.05, 4.69) is 0 Å². The minimum atomic E-state index is -5.05. The molecule has 0 saturated carbocycles. The first-order valence-corrected chi connectivity index (χ1v) is 8.57. The van der Waals surface area contributed by atoms with Gasteiger partial charge in [-0.25, -0.2) is 18.0 Å². The van der Waals surface area contributed by atoms with Gasteiger partial charge >= 0.3 is 12.1 Å². The number of nitrogens with zero attached hydrogens (tertiary/aromatic N) is 1. The molecule has 0 spiro atoms. The molecule has 0 aliphatic heterocycles. The Morgan fingerprint density at radius 3 is 2.23 bits per heavy atom. The number of esters is 1. The molecule has 30 heavy (non-hydrogen) atoms. The summed E-state index contributed by atoms with van der Waals surface area (Å²) in [6, 6.07) is 3.27. The van der Waals surface area contributed by atoms with Crippen molar-refractivity contribution in [2.45, 2.75) is 19.6 Å². The Hall–Kier alpha value is -3.30. The van der Waals surface area contributed by atoms with Crippen molar-refractivity contribution in [3.8, 4) is 0 Å². The van der Waals surface area contributed by atoms with Crippen LogP contribution in [0.4, 0.5) is 26.3 Å². The first kappa shape index (κ1) is 21.4. The summed E-state index contributed by atoms with van der Waals surface area (Å²) in [5.41, 5.74) is -3.58. The van der Waals surface area contributed by atoms with Gasteiger partial charge in [-0.15, -0.1) is 0 Å². The first-order valence-electron chi connectivity index (χ1n) is 8.57. The SMILES string of the molecule is CCOC(=O)c1cn(Cc2cc(F)cc(F)c2)c2cc(C(F)(F)F)c(F)cc2c1=O. The fourth-order valence-corrected chi connectivity index (χ4v) is 3.01. The Labute approximate surface area is 165 Å². The monoisotopic (exact) mass is 429 g/mol. The van der Waals surface area contributed by atoms with Crippen LogP contribution in [0.5, 0.6) is 0 Å². The smallest absolute Gasteiger partial charge is 0.419 e. The number of rotatable bonds is 4. The topological polar surface area (TPSA) is 48.3 Å². The average Bonchev–Trinajstić information content (AvgIpc) is 2.62. The van der Waals surface area contributed by atoms with E-state index in [1.54, 1.807) is 0 Å². The number of hydrogen-bond acceptors (Lipinski definition) is 3. The molecule has 158 valence electrons. The highest BCUT2D eigenvalue weighted by molar-refractivity contribution is 5.94. The fourth-order valence-electron chi connectivity index (χ4n) is 3.01. The summed E-state index contributed by atoms with van der Waals surface area (Å²) >= 11 is 0. The van der Waals surface area contributed by atoms with Crippen molar-refractivity contribution in [2.75, 3.05) is 6.61 Å². The molecule has 1 heterocycles. The van der Waals surface area contributed by atoms with E-state index < -0.39 is 58.1 Å². The highest BCUT2D eigenvalue weighted by Crippen LogP contribution is 2.33. The van der Waals surface area contributed by atoms with Crippen molar-refractivity contribution < 1.29 is 35.9 Å². The van der Waals surface area contributed by atoms with Crippen molar-refractivity contribution in [3.63, 3.8) is 0 Å². The lowest BCUT2D eigenvalue weighted by Gasteiger charge is -2.16. The van der Waals surface area contributed by atoms with E-state index in [0.29, 0.717) is 18.2 Å². The molecular formula is C20H13F6NO3. The molecule has 10 heteroatoms. The lowest BCUT2D eigenvalue weighted by atomic mass is 10.1. The van der Waals surface area contributed by atoms with Gasteiger partial charge < -0.3 is 9.30 Å². The number of carbonyl (C=O) groups is 1. The summed E-state index contributed by atoms with van der Waals surface area (Å²) in [5.74, 6) is -4.62. The van der Waals surface area contributed by atoms with Crippen LogP contribution in [-0.2, 0) is 17.5 Å². The number of halogens is 6. The fraction of sp³-hybridized carbons (Fsp3) is 0.200. The second kappa shape index (κ2) is 7.85. The summed E-state index contributed by atoms with van der Waals surface area (Å²) in [6.07, 6.45) is -4.13. The van der Waals surface area contributed by atoms with E-state index in [4.69, 9.17) is 4.74 Å². The third kappa shape index (κ3) is 4.17. The van der Waals surface area contributed by atoms with Crippen LogP contribution in [0.25, 0.3) is 10.9 Å². The number of fused-ring (bicyclic) bond motifs is 1. The van der Waals surface area contributed by atoms with Crippen molar-refractivity contribution >= 4 is 16.9 Å². The summed E-state index contributed by atoms with van der Waals surface area (Å²) in [5, 5.41) is -0.511. The molecule has 0 aliphatic rings. The molecule has 0 amide bonds. The minimum Gasteiger partial charge on any atom is -0.462 e. The molecule has 2 aromatic carbocycles. The van der Waals surface area contributed by atoms with Gasteiger partial charge in [0.15, 0.2) is 0 Å². The zero-order valence-corrected chi connectivity index (χ0v) is 15.3. The van der Waals surface area contributed by atoms with E-state index >= 15 is 0 Å². The number of carbonyl (C=O) groups excluding carboxylic acids is 1. The van der Waals surface area contributed by atoms with Crippen LogP contribution in [-0.4, -0.2) is 17.1 Å². The molecule has 0 aliphatic carbocycles. The molecular weight excluding hydrogens is 416 g/mol. The lowest BCUT2D eigenvalue weighted by molar-refractivity contribution is -0.139. The average molecular weight is 429 g/mol. The molecule has 0 atom stereocenters. The molecule has 4 nitrogen and oxygen atoms in total. The molecule has 0 radical (unpaired) electrons. The van der Waals surface area contributed by atoms with Crippen LogP contribution < -0.4 is 5.43 Å². The third-order valence-electron chi connectivity index (χ3n) is 4.24. The number of aromatic nitrogens is 1. The zero-order valence-electron chi connectivity index (χ0n) is 15.3. The van der Waals surface area contributed by atoms with E-state index in [1.807, 2.05) is 0 Å². The standard InChI is InChI=1S/C20H13F6NO3/c1-2-30-19(29)14-9-27(8-10-3-11(21)5-12(22)4-10)17-7-15(20(24,25)26)16(23)6-13(17)18(14)28/h3-7,9H,2,8H2,1H3. The third-order valence-corrected chi connectivity index (χ3v) is 4.24. The molecule has 0 bridgehead atoms. The van der Waals surface area contributed by atoms with Gasteiger partial charge in [0, 0.05) is 24.2 Å². The molecule has 0 fully saturated rings. The second-order valence-electron chi connectivity index (χ2n) is 6.34. The Kier molecular flexibility index (Phi) is 5.60. The van der Waals surface area contributed by atoms with Gasteiger partial charge in [-0.1, -0.05) is 0 Å². The highest BCUT2D eigenvalue weighted by Gasteiger charge is 2.35. The first-order chi connectivity index (χ1) is 14.0. The maximum absolute atomic E-state index is 14.1. The van der Waals surface area contributed by atoms with Gasteiger partial charge in [-0.3, -0.25) is 4.79 Å². The summed E-state index contributed by atoms with van der Waals surface area (Å²) in [6.45, 7) is 0.982. The minimum absolute atomic E-state index is 0.00476. The van der Waals surface area contributed by atoms with Crippen LogP contribution in [0.2, 0.25) is 0 Å². The predicted octanol–water partition coefficient (Wildman–Crippen LogP) is 4.66.